The summed E-state index contributed by atoms with van der Waals surface area (Å²) in [6.07, 6.45) is 3.43. The molecule has 3 heterocycles. The molecule has 0 unspecified atom stereocenters. The lowest BCUT2D eigenvalue weighted by Crippen LogP contribution is -2.33. The van der Waals surface area contributed by atoms with E-state index in [4.69, 9.17) is 0 Å². The maximum atomic E-state index is 14.1. The van der Waals surface area contributed by atoms with Gasteiger partial charge in [0.1, 0.15) is 11.6 Å². The molecule has 4 bridgehead atoms. The quantitative estimate of drug-likeness (QED) is 0.574. The van der Waals surface area contributed by atoms with Crippen LogP contribution in [-0.2, 0) is 0 Å². The van der Waals surface area contributed by atoms with E-state index in [1.165, 1.54) is 12.1 Å². The predicted octanol–water partition coefficient (Wildman–Crippen LogP) is 1.28. The molecule has 0 saturated carbocycles. The molecule has 0 saturated heterocycles. The van der Waals surface area contributed by atoms with Gasteiger partial charge in [0.05, 0.1) is 6.20 Å². The first-order chi connectivity index (χ1) is 12.2. The average Bonchev–Trinajstić information content (AvgIpc) is 3.02. The SMILES string of the molecule is O=C1NCCNCCNc2ccn3ncc(c3n2)-c2cc(F)cc1c2. The first kappa shape index (κ1) is 15.5. The first-order valence-electron chi connectivity index (χ1n) is 8.09. The molecule has 0 radical (unpaired) electrons. The van der Waals surface area contributed by atoms with Gasteiger partial charge in [0.2, 0.25) is 0 Å². The zero-order valence-corrected chi connectivity index (χ0v) is 13.4. The predicted molar refractivity (Wildman–Crippen MR) is 92.1 cm³/mol. The van der Waals surface area contributed by atoms with Crippen molar-refractivity contribution in [2.24, 2.45) is 0 Å². The number of fused-ring (bicyclic) bond motifs is 4. The molecule has 0 atom stereocenters. The number of hydrogen-bond donors (Lipinski definition) is 3. The van der Waals surface area contributed by atoms with Gasteiger partial charge in [-0.2, -0.15) is 5.10 Å². The lowest BCUT2D eigenvalue weighted by atomic mass is 10.0. The van der Waals surface area contributed by atoms with Crippen LogP contribution in [0.5, 0.6) is 0 Å². The van der Waals surface area contributed by atoms with Crippen molar-refractivity contribution in [2.45, 2.75) is 0 Å². The molecule has 1 amide bonds. The van der Waals surface area contributed by atoms with Gasteiger partial charge in [-0.05, 0) is 29.8 Å². The smallest absolute Gasteiger partial charge is 0.251 e. The number of benzene rings is 1. The lowest BCUT2D eigenvalue weighted by Gasteiger charge is -2.08. The molecule has 0 aliphatic carbocycles. The minimum absolute atomic E-state index is 0.276. The van der Waals surface area contributed by atoms with Crippen LogP contribution in [0.2, 0.25) is 0 Å². The first-order valence-corrected chi connectivity index (χ1v) is 8.09. The van der Waals surface area contributed by atoms with Gasteiger partial charge in [-0.25, -0.2) is 13.9 Å². The summed E-state index contributed by atoms with van der Waals surface area (Å²) in [4.78, 5) is 16.8. The number of nitrogens with one attached hydrogen (secondary N) is 3. The molecular formula is C17H17FN6O. The number of carbonyl (C=O) groups is 1. The van der Waals surface area contributed by atoms with E-state index in [9.17, 15) is 9.18 Å². The highest BCUT2D eigenvalue weighted by atomic mass is 19.1. The largest absolute Gasteiger partial charge is 0.369 e. The lowest BCUT2D eigenvalue weighted by molar-refractivity contribution is 0.0953. The van der Waals surface area contributed by atoms with Gasteiger partial charge in [0.25, 0.3) is 5.91 Å². The van der Waals surface area contributed by atoms with Gasteiger partial charge >= 0.3 is 0 Å². The molecule has 0 fully saturated rings. The normalized spacial score (nSPS) is 15.3. The summed E-state index contributed by atoms with van der Waals surface area (Å²) in [7, 11) is 0. The Bertz CT molecular complexity index is 938. The Labute approximate surface area is 143 Å². The molecule has 4 rings (SSSR count). The van der Waals surface area contributed by atoms with E-state index in [0.29, 0.717) is 36.4 Å². The minimum atomic E-state index is -0.473. The number of anilines is 1. The van der Waals surface area contributed by atoms with Gasteiger partial charge < -0.3 is 16.0 Å². The van der Waals surface area contributed by atoms with Crippen LogP contribution in [0.25, 0.3) is 16.8 Å². The third kappa shape index (κ3) is 3.16. The highest BCUT2D eigenvalue weighted by molar-refractivity contribution is 5.96. The van der Waals surface area contributed by atoms with Gasteiger partial charge in [0.15, 0.2) is 5.65 Å². The van der Waals surface area contributed by atoms with Crippen LogP contribution in [0.4, 0.5) is 10.2 Å². The highest BCUT2D eigenvalue weighted by Crippen LogP contribution is 2.26. The molecule has 1 aliphatic rings. The summed E-state index contributed by atoms with van der Waals surface area (Å²) in [5.41, 5.74) is 2.12. The monoisotopic (exact) mass is 340 g/mol. The number of halogens is 1. The van der Waals surface area contributed by atoms with Crippen molar-refractivity contribution < 1.29 is 9.18 Å². The number of amides is 1. The third-order valence-corrected chi connectivity index (χ3v) is 4.04. The van der Waals surface area contributed by atoms with E-state index in [2.05, 4.69) is 26.0 Å². The summed E-state index contributed by atoms with van der Waals surface area (Å²) in [5, 5.41) is 13.5. The molecular weight excluding hydrogens is 323 g/mol. The number of nitrogens with zero attached hydrogens (tertiary/aromatic N) is 3. The van der Waals surface area contributed by atoms with Gasteiger partial charge in [-0.15, -0.1) is 0 Å². The topological polar surface area (TPSA) is 83.4 Å². The van der Waals surface area contributed by atoms with Crippen LogP contribution >= 0.6 is 0 Å². The second kappa shape index (κ2) is 6.48. The average molecular weight is 340 g/mol. The Hall–Kier alpha value is -3.00. The summed E-state index contributed by atoms with van der Waals surface area (Å²) in [5.74, 6) is -0.0591. The second-order valence-corrected chi connectivity index (χ2v) is 5.80. The maximum Gasteiger partial charge on any atom is 0.251 e. The zero-order chi connectivity index (χ0) is 17.2. The molecule has 1 aromatic carbocycles. The Morgan fingerprint density at radius 3 is 2.72 bits per heavy atom. The van der Waals surface area contributed by atoms with Crippen LogP contribution in [0.3, 0.4) is 0 Å². The van der Waals surface area contributed by atoms with Crippen molar-refractivity contribution in [1.82, 2.24) is 25.2 Å². The molecule has 3 N–H and O–H groups in total. The Morgan fingerprint density at radius 2 is 1.84 bits per heavy atom. The minimum Gasteiger partial charge on any atom is -0.369 e. The summed E-state index contributed by atoms with van der Waals surface area (Å²) < 4.78 is 15.7. The summed E-state index contributed by atoms with van der Waals surface area (Å²) in [6, 6.07) is 6.11. The van der Waals surface area contributed by atoms with E-state index < -0.39 is 5.82 Å². The van der Waals surface area contributed by atoms with Gasteiger partial charge in [-0.3, -0.25) is 4.79 Å². The number of hydrogen-bond acceptors (Lipinski definition) is 5. The van der Waals surface area contributed by atoms with Crippen molar-refractivity contribution in [3.05, 3.63) is 48.0 Å². The molecule has 8 heteroatoms. The van der Waals surface area contributed by atoms with E-state index >= 15 is 0 Å². The fourth-order valence-corrected chi connectivity index (χ4v) is 2.82. The van der Waals surface area contributed by atoms with Crippen molar-refractivity contribution >= 4 is 17.4 Å². The van der Waals surface area contributed by atoms with Crippen molar-refractivity contribution in [3.8, 4) is 11.1 Å². The Balaban J connectivity index is 1.85. The second-order valence-electron chi connectivity index (χ2n) is 5.80. The molecule has 2 aromatic heterocycles. The van der Waals surface area contributed by atoms with Crippen LogP contribution in [-0.4, -0.2) is 46.7 Å². The fraction of sp³-hybridized carbons (Fsp3) is 0.235. The van der Waals surface area contributed by atoms with Gasteiger partial charge in [-0.1, -0.05) is 0 Å². The van der Waals surface area contributed by atoms with Gasteiger partial charge in [0, 0.05) is 43.5 Å². The zero-order valence-electron chi connectivity index (χ0n) is 13.4. The van der Waals surface area contributed by atoms with E-state index in [0.717, 1.165) is 12.4 Å². The molecule has 128 valence electrons. The number of carbonyl (C=O) groups excluding carboxylic acids is 1. The molecule has 7 nitrogen and oxygen atoms in total. The summed E-state index contributed by atoms with van der Waals surface area (Å²) in [6.45, 7) is 2.53. The van der Waals surface area contributed by atoms with Crippen molar-refractivity contribution in [3.63, 3.8) is 0 Å². The van der Waals surface area contributed by atoms with Crippen molar-refractivity contribution in [2.75, 3.05) is 31.5 Å². The maximum absolute atomic E-state index is 14.1. The van der Waals surface area contributed by atoms with E-state index in [1.807, 2.05) is 6.07 Å². The molecule has 0 spiro atoms. The molecule has 3 aromatic rings. The number of rotatable bonds is 0. The van der Waals surface area contributed by atoms with Crippen LogP contribution in [0.1, 0.15) is 10.4 Å². The Kier molecular flexibility index (Phi) is 4.02. The van der Waals surface area contributed by atoms with Crippen LogP contribution in [0.15, 0.2) is 36.7 Å². The molecule has 25 heavy (non-hydrogen) atoms. The molecule has 1 aliphatic heterocycles. The number of aromatic nitrogens is 3. The highest BCUT2D eigenvalue weighted by Gasteiger charge is 2.14. The standard InChI is InChI=1S/C17H17FN6O/c18-13-8-11-7-12(9-13)17(25)21-5-3-19-2-4-20-15-1-6-24-16(23-15)14(11)10-22-24/h1,6-10,19H,2-5H2,(H,20,23)(H,21,25). The van der Waals surface area contributed by atoms with Crippen LogP contribution < -0.4 is 16.0 Å². The fourth-order valence-electron chi connectivity index (χ4n) is 2.82. The van der Waals surface area contributed by atoms with Crippen molar-refractivity contribution in [1.29, 1.82) is 0 Å². The summed E-state index contributed by atoms with van der Waals surface area (Å²) >= 11 is 0. The third-order valence-electron chi connectivity index (χ3n) is 4.04. The van der Waals surface area contributed by atoms with E-state index in [1.54, 1.807) is 23.0 Å². The van der Waals surface area contributed by atoms with Crippen LogP contribution in [0, 0.1) is 5.82 Å². The van der Waals surface area contributed by atoms with E-state index in [-0.39, 0.29) is 11.5 Å². The Morgan fingerprint density at radius 1 is 1.04 bits per heavy atom.